The summed E-state index contributed by atoms with van der Waals surface area (Å²) in [7, 11) is 4.99. The number of benzene rings is 3. The Morgan fingerprint density at radius 3 is 2.46 bits per heavy atom. The lowest BCUT2D eigenvalue weighted by Gasteiger charge is -2.26. The van der Waals surface area contributed by atoms with Crippen LogP contribution in [0.4, 0.5) is 0 Å². The second-order valence-electron chi connectivity index (χ2n) is 9.28. The number of methoxy groups -OCH3 is 2. The molecule has 0 N–H and O–H groups in total. The first kappa shape index (κ1) is 22.9. The Balaban J connectivity index is 1.65. The number of esters is 1. The van der Waals surface area contributed by atoms with Gasteiger partial charge in [0.2, 0.25) is 0 Å². The van der Waals surface area contributed by atoms with Crippen LogP contribution in [0.2, 0.25) is 0 Å². The van der Waals surface area contributed by atoms with Crippen molar-refractivity contribution in [3.05, 3.63) is 100.0 Å². The monoisotopic (exact) mass is 494 g/mol. The molecule has 0 saturated heterocycles. The fourth-order valence-electron chi connectivity index (χ4n) is 5.45. The Hall–Kier alpha value is -4.52. The minimum Gasteiger partial charge on any atom is -0.497 e. The molecule has 5 aromatic rings. The maximum absolute atomic E-state index is 13.7. The van der Waals surface area contributed by atoms with Crippen molar-refractivity contribution in [1.82, 2.24) is 9.13 Å². The van der Waals surface area contributed by atoms with E-state index in [1.165, 1.54) is 0 Å². The van der Waals surface area contributed by atoms with Crippen molar-refractivity contribution < 1.29 is 19.0 Å². The van der Waals surface area contributed by atoms with Gasteiger partial charge in [0.05, 0.1) is 37.2 Å². The van der Waals surface area contributed by atoms with Crippen molar-refractivity contribution in [1.29, 1.82) is 0 Å². The third-order valence-electron chi connectivity index (χ3n) is 7.20. The third-order valence-corrected chi connectivity index (χ3v) is 7.20. The van der Waals surface area contributed by atoms with Gasteiger partial charge in [-0.3, -0.25) is 9.59 Å². The number of carbonyl (C=O) groups excluding carboxylic acids is 1. The maximum Gasteiger partial charge on any atom is 0.312 e. The Morgan fingerprint density at radius 1 is 0.946 bits per heavy atom. The fraction of sp³-hybridized carbons (Fsp3) is 0.200. The van der Waals surface area contributed by atoms with Gasteiger partial charge in [0, 0.05) is 48.6 Å². The number of fused-ring (bicyclic) bond motifs is 4. The van der Waals surface area contributed by atoms with Crippen LogP contribution in [-0.4, -0.2) is 29.3 Å². The molecule has 0 unspecified atom stereocenters. The molecule has 186 valence electrons. The second-order valence-corrected chi connectivity index (χ2v) is 9.28. The second kappa shape index (κ2) is 8.85. The van der Waals surface area contributed by atoms with Crippen LogP contribution >= 0.6 is 0 Å². The first-order chi connectivity index (χ1) is 18.0. The maximum atomic E-state index is 13.7. The van der Waals surface area contributed by atoms with Gasteiger partial charge in [-0.1, -0.05) is 42.5 Å². The summed E-state index contributed by atoms with van der Waals surface area (Å²) in [5.74, 6) is 0.757. The number of carbonyl (C=O) groups is 1. The zero-order chi connectivity index (χ0) is 25.7. The van der Waals surface area contributed by atoms with Crippen LogP contribution in [0, 0.1) is 0 Å². The Morgan fingerprint density at radius 2 is 1.70 bits per heavy atom. The van der Waals surface area contributed by atoms with Crippen molar-refractivity contribution in [2.45, 2.75) is 18.9 Å². The van der Waals surface area contributed by atoms with Crippen molar-refractivity contribution in [3.63, 3.8) is 0 Å². The quantitative estimate of drug-likeness (QED) is 0.322. The highest BCUT2D eigenvalue weighted by atomic mass is 16.5. The fourth-order valence-corrected chi connectivity index (χ4v) is 5.45. The molecular weight excluding hydrogens is 468 g/mol. The predicted molar refractivity (Wildman–Crippen MR) is 142 cm³/mol. The highest BCUT2D eigenvalue weighted by molar-refractivity contribution is 5.96. The van der Waals surface area contributed by atoms with Gasteiger partial charge < -0.3 is 23.3 Å². The van der Waals surface area contributed by atoms with Crippen molar-refractivity contribution >= 4 is 27.8 Å². The molecule has 1 aliphatic rings. The molecule has 3 heterocycles. The van der Waals surface area contributed by atoms with Gasteiger partial charge >= 0.3 is 5.97 Å². The van der Waals surface area contributed by atoms with Crippen LogP contribution in [0.25, 0.3) is 21.8 Å². The molecule has 0 spiro atoms. The molecule has 7 nitrogen and oxygen atoms in total. The van der Waals surface area contributed by atoms with Crippen LogP contribution in [0.1, 0.15) is 29.0 Å². The molecule has 0 amide bonds. The molecule has 3 aromatic carbocycles. The number of ether oxygens (including phenoxy) is 3. The largest absolute Gasteiger partial charge is 0.497 e. The highest BCUT2D eigenvalue weighted by Gasteiger charge is 2.36. The number of aromatic nitrogens is 2. The number of para-hydroxylation sites is 1. The smallest absolute Gasteiger partial charge is 0.312 e. The normalized spacial score (nSPS) is 15.0. The lowest BCUT2D eigenvalue weighted by atomic mass is 9.85. The van der Waals surface area contributed by atoms with Crippen LogP contribution in [0.15, 0.2) is 77.7 Å². The van der Waals surface area contributed by atoms with Gasteiger partial charge in [-0.25, -0.2) is 0 Å². The number of nitrogens with zero attached hydrogens (tertiary/aromatic N) is 2. The molecule has 37 heavy (non-hydrogen) atoms. The summed E-state index contributed by atoms with van der Waals surface area (Å²) < 4.78 is 20.9. The Bertz CT molecular complexity index is 1730. The van der Waals surface area contributed by atoms with E-state index in [0.717, 1.165) is 27.4 Å². The van der Waals surface area contributed by atoms with Gasteiger partial charge in [0.15, 0.2) is 0 Å². The molecule has 0 fully saturated rings. The molecule has 7 heteroatoms. The van der Waals surface area contributed by atoms with E-state index in [-0.39, 0.29) is 17.9 Å². The van der Waals surface area contributed by atoms with E-state index in [4.69, 9.17) is 14.2 Å². The van der Waals surface area contributed by atoms with Crippen molar-refractivity contribution in [2.24, 2.45) is 7.05 Å². The Kier molecular flexibility index (Phi) is 5.48. The molecule has 0 aliphatic carbocycles. The topological polar surface area (TPSA) is 71.7 Å². The van der Waals surface area contributed by atoms with E-state index in [2.05, 4.69) is 16.7 Å². The van der Waals surface area contributed by atoms with E-state index in [9.17, 15) is 9.59 Å². The molecule has 1 aliphatic heterocycles. The Labute approximate surface area is 213 Å². The SMILES string of the molecule is COc1cc(OC)c2c([C@@H]3CC(=O)Oc4c3c(=O)n(C)c3ccccc43)cn(Cc3ccccc3)c2c1. The predicted octanol–water partition coefficient (Wildman–Crippen LogP) is 5.00. The average Bonchev–Trinajstić information content (AvgIpc) is 3.29. The van der Waals surface area contributed by atoms with Crippen LogP contribution in [-0.2, 0) is 18.4 Å². The number of pyridine rings is 1. The van der Waals surface area contributed by atoms with Gasteiger partial charge in [-0.15, -0.1) is 0 Å². The highest BCUT2D eigenvalue weighted by Crippen LogP contribution is 2.46. The zero-order valence-corrected chi connectivity index (χ0v) is 20.9. The number of aryl methyl sites for hydroxylation is 1. The molecular formula is C30H26N2O5. The first-order valence-corrected chi connectivity index (χ1v) is 12.1. The van der Waals surface area contributed by atoms with Gasteiger partial charge in [0.25, 0.3) is 5.56 Å². The molecule has 1 atom stereocenters. The van der Waals surface area contributed by atoms with E-state index in [0.29, 0.717) is 34.9 Å². The van der Waals surface area contributed by atoms with E-state index >= 15 is 0 Å². The van der Waals surface area contributed by atoms with Gasteiger partial charge in [-0.05, 0) is 23.3 Å². The van der Waals surface area contributed by atoms with Gasteiger partial charge in [0.1, 0.15) is 17.2 Å². The number of hydrogen-bond acceptors (Lipinski definition) is 5. The van der Waals surface area contributed by atoms with Crippen molar-refractivity contribution in [2.75, 3.05) is 14.2 Å². The van der Waals surface area contributed by atoms with Crippen LogP contribution in [0.3, 0.4) is 0 Å². The lowest BCUT2D eigenvalue weighted by Crippen LogP contribution is -2.31. The standard InChI is InChI=1S/C30H26N2O5/c1-31-23-12-8-7-11-20(23)29-28(30(31)34)21(15-26(33)37-29)22-17-32(16-18-9-5-4-6-10-18)24-13-19(35-2)14-25(36-3)27(22)24/h4-14,17,21H,15-16H2,1-3H3/t21-/m0/s1. The minimum atomic E-state index is -0.499. The molecule has 0 radical (unpaired) electrons. The zero-order valence-electron chi connectivity index (χ0n) is 20.9. The number of hydrogen-bond donors (Lipinski definition) is 0. The van der Waals surface area contributed by atoms with E-state index in [1.54, 1.807) is 25.8 Å². The van der Waals surface area contributed by atoms with Gasteiger partial charge in [-0.2, -0.15) is 0 Å². The van der Waals surface area contributed by atoms with E-state index < -0.39 is 5.92 Å². The molecule has 6 rings (SSSR count). The summed E-state index contributed by atoms with van der Waals surface area (Å²) >= 11 is 0. The summed E-state index contributed by atoms with van der Waals surface area (Å²) in [5.41, 5.74) is 3.88. The van der Waals surface area contributed by atoms with Crippen LogP contribution in [0.5, 0.6) is 17.2 Å². The summed E-state index contributed by atoms with van der Waals surface area (Å²) in [6.07, 6.45) is 2.08. The average molecular weight is 495 g/mol. The van der Waals surface area contributed by atoms with Crippen molar-refractivity contribution in [3.8, 4) is 17.2 Å². The molecule has 0 saturated carbocycles. The molecule has 0 bridgehead atoms. The molecule has 2 aromatic heterocycles. The first-order valence-electron chi connectivity index (χ1n) is 12.1. The number of rotatable bonds is 5. The summed E-state index contributed by atoms with van der Waals surface area (Å²) in [5, 5.41) is 1.58. The summed E-state index contributed by atoms with van der Waals surface area (Å²) in [4.78, 5) is 26.7. The van der Waals surface area contributed by atoms with E-state index in [1.807, 2.05) is 60.8 Å². The third kappa shape index (κ3) is 3.66. The summed E-state index contributed by atoms with van der Waals surface area (Å²) in [6.45, 7) is 0.605. The minimum absolute atomic E-state index is 0.0558. The van der Waals surface area contributed by atoms with Crippen LogP contribution < -0.4 is 19.8 Å². The lowest BCUT2D eigenvalue weighted by molar-refractivity contribution is -0.135. The summed E-state index contributed by atoms with van der Waals surface area (Å²) in [6, 6.07) is 21.4.